The van der Waals surface area contributed by atoms with E-state index in [4.69, 9.17) is 5.11 Å². The number of hydrogen-bond donors (Lipinski definition) is 2. The van der Waals surface area contributed by atoms with E-state index in [1.807, 2.05) is 6.92 Å². The SMILES string of the molecule is Cc1cc(C(=O)O)cc(NCCN(C)C2CCCC2)n1. The summed E-state index contributed by atoms with van der Waals surface area (Å²) < 4.78 is 0. The number of carboxylic acids is 1. The Labute approximate surface area is 120 Å². The van der Waals surface area contributed by atoms with Crippen molar-refractivity contribution in [2.75, 3.05) is 25.5 Å². The predicted octanol–water partition coefficient (Wildman–Crippen LogP) is 2.37. The molecule has 1 saturated carbocycles. The van der Waals surface area contributed by atoms with Crippen molar-refractivity contribution in [3.8, 4) is 0 Å². The molecule has 1 heterocycles. The first-order chi connectivity index (χ1) is 9.56. The number of anilines is 1. The van der Waals surface area contributed by atoms with E-state index in [0.29, 0.717) is 11.9 Å². The second kappa shape index (κ2) is 6.70. The first-order valence-electron chi connectivity index (χ1n) is 7.22. The molecule has 0 bridgehead atoms. The van der Waals surface area contributed by atoms with Crippen LogP contribution >= 0.6 is 0 Å². The summed E-state index contributed by atoms with van der Waals surface area (Å²) in [5.74, 6) is -0.274. The third-order valence-electron chi connectivity index (χ3n) is 3.92. The molecule has 0 aliphatic heterocycles. The molecule has 0 radical (unpaired) electrons. The smallest absolute Gasteiger partial charge is 0.335 e. The summed E-state index contributed by atoms with van der Waals surface area (Å²) >= 11 is 0. The summed E-state index contributed by atoms with van der Waals surface area (Å²) in [5.41, 5.74) is 1.00. The lowest BCUT2D eigenvalue weighted by atomic mass is 10.2. The van der Waals surface area contributed by atoms with E-state index in [1.165, 1.54) is 25.7 Å². The maximum absolute atomic E-state index is 11.0. The largest absolute Gasteiger partial charge is 0.478 e. The Bertz CT molecular complexity index is 470. The topological polar surface area (TPSA) is 65.5 Å². The summed E-state index contributed by atoms with van der Waals surface area (Å²) in [7, 11) is 2.16. The van der Waals surface area contributed by atoms with Crippen LogP contribution in [0.5, 0.6) is 0 Å². The number of aryl methyl sites for hydroxylation is 1. The number of likely N-dealkylation sites (N-methyl/N-ethyl adjacent to an activating group) is 1. The van der Waals surface area contributed by atoms with Gasteiger partial charge < -0.3 is 15.3 Å². The van der Waals surface area contributed by atoms with E-state index >= 15 is 0 Å². The standard InChI is InChI=1S/C15H23N3O2/c1-11-9-12(15(19)20)10-14(17-11)16-7-8-18(2)13-5-3-4-6-13/h9-10,13H,3-8H2,1-2H3,(H,16,17)(H,19,20). The molecule has 2 rings (SSSR count). The zero-order valence-corrected chi connectivity index (χ0v) is 12.2. The van der Waals surface area contributed by atoms with Crippen molar-refractivity contribution in [2.45, 2.75) is 38.6 Å². The van der Waals surface area contributed by atoms with Crippen LogP contribution in [0.25, 0.3) is 0 Å². The highest BCUT2D eigenvalue weighted by Gasteiger charge is 2.18. The molecule has 1 aliphatic rings. The van der Waals surface area contributed by atoms with Gasteiger partial charge in [0, 0.05) is 24.8 Å². The minimum Gasteiger partial charge on any atom is -0.478 e. The van der Waals surface area contributed by atoms with Gasteiger partial charge in [0.05, 0.1) is 5.56 Å². The first-order valence-corrected chi connectivity index (χ1v) is 7.22. The third kappa shape index (κ3) is 3.93. The van der Waals surface area contributed by atoms with E-state index < -0.39 is 5.97 Å². The van der Waals surface area contributed by atoms with Crippen molar-refractivity contribution in [3.63, 3.8) is 0 Å². The highest BCUT2D eigenvalue weighted by atomic mass is 16.4. The Morgan fingerprint density at radius 1 is 1.45 bits per heavy atom. The maximum atomic E-state index is 11.0. The average Bonchev–Trinajstić information content (AvgIpc) is 2.91. The molecule has 110 valence electrons. The van der Waals surface area contributed by atoms with Crippen LogP contribution in [0.15, 0.2) is 12.1 Å². The van der Waals surface area contributed by atoms with Gasteiger partial charge in [-0.25, -0.2) is 9.78 Å². The molecule has 1 aromatic heterocycles. The van der Waals surface area contributed by atoms with Crippen molar-refractivity contribution in [1.82, 2.24) is 9.88 Å². The molecule has 1 aromatic rings. The number of hydrogen-bond acceptors (Lipinski definition) is 4. The lowest BCUT2D eigenvalue weighted by molar-refractivity contribution is 0.0696. The van der Waals surface area contributed by atoms with Crippen molar-refractivity contribution in [3.05, 3.63) is 23.4 Å². The summed E-state index contributed by atoms with van der Waals surface area (Å²) in [4.78, 5) is 17.7. The Balaban J connectivity index is 1.85. The number of carbonyl (C=O) groups is 1. The van der Waals surface area contributed by atoms with Gasteiger partial charge in [-0.2, -0.15) is 0 Å². The summed E-state index contributed by atoms with van der Waals surface area (Å²) in [5, 5.41) is 12.2. The van der Waals surface area contributed by atoms with Crippen LogP contribution in [0, 0.1) is 6.92 Å². The molecule has 1 fully saturated rings. The van der Waals surface area contributed by atoms with E-state index in [9.17, 15) is 4.79 Å². The summed E-state index contributed by atoms with van der Waals surface area (Å²) in [6.45, 7) is 3.54. The molecule has 0 aromatic carbocycles. The van der Waals surface area contributed by atoms with E-state index in [0.717, 1.165) is 18.8 Å². The number of nitrogens with zero attached hydrogens (tertiary/aromatic N) is 2. The number of pyridine rings is 1. The quantitative estimate of drug-likeness (QED) is 0.835. The molecular formula is C15H23N3O2. The first kappa shape index (κ1) is 14.8. The summed E-state index contributed by atoms with van der Waals surface area (Å²) in [6.07, 6.45) is 5.26. The van der Waals surface area contributed by atoms with Gasteiger partial charge in [-0.15, -0.1) is 0 Å². The van der Waals surface area contributed by atoms with E-state index in [1.54, 1.807) is 12.1 Å². The second-order valence-corrected chi connectivity index (χ2v) is 5.53. The van der Waals surface area contributed by atoms with Crippen LogP contribution in [0.1, 0.15) is 41.7 Å². The zero-order chi connectivity index (χ0) is 14.5. The molecule has 2 N–H and O–H groups in total. The van der Waals surface area contributed by atoms with E-state index in [2.05, 4.69) is 22.2 Å². The molecule has 0 unspecified atom stereocenters. The van der Waals surface area contributed by atoms with Crippen LogP contribution < -0.4 is 5.32 Å². The summed E-state index contributed by atoms with van der Waals surface area (Å²) in [6, 6.07) is 3.88. The highest BCUT2D eigenvalue weighted by Crippen LogP contribution is 2.22. The van der Waals surface area contributed by atoms with Gasteiger partial charge in [0.1, 0.15) is 5.82 Å². The number of aromatic carboxylic acids is 1. The monoisotopic (exact) mass is 277 g/mol. The van der Waals surface area contributed by atoms with Gasteiger partial charge in [0.2, 0.25) is 0 Å². The van der Waals surface area contributed by atoms with Gasteiger partial charge in [0.15, 0.2) is 0 Å². The highest BCUT2D eigenvalue weighted by molar-refractivity contribution is 5.88. The van der Waals surface area contributed by atoms with Crippen LogP contribution in [0.4, 0.5) is 5.82 Å². The average molecular weight is 277 g/mol. The lowest BCUT2D eigenvalue weighted by Gasteiger charge is -2.24. The molecule has 0 saturated heterocycles. The fourth-order valence-electron chi connectivity index (χ4n) is 2.77. The minimum atomic E-state index is -0.915. The van der Waals surface area contributed by atoms with Gasteiger partial charge in [-0.1, -0.05) is 12.8 Å². The van der Waals surface area contributed by atoms with Crippen molar-refractivity contribution < 1.29 is 9.90 Å². The predicted molar refractivity (Wildman–Crippen MR) is 79.3 cm³/mol. The minimum absolute atomic E-state index is 0.282. The van der Waals surface area contributed by atoms with Crippen LogP contribution in [0.3, 0.4) is 0 Å². The van der Waals surface area contributed by atoms with Crippen molar-refractivity contribution >= 4 is 11.8 Å². The number of aromatic nitrogens is 1. The normalized spacial score (nSPS) is 15.8. The second-order valence-electron chi connectivity index (χ2n) is 5.53. The molecule has 1 aliphatic carbocycles. The van der Waals surface area contributed by atoms with Gasteiger partial charge in [-0.05, 0) is 38.9 Å². The number of nitrogens with one attached hydrogen (secondary N) is 1. The zero-order valence-electron chi connectivity index (χ0n) is 12.2. The fourth-order valence-corrected chi connectivity index (χ4v) is 2.77. The van der Waals surface area contributed by atoms with Gasteiger partial charge in [0.25, 0.3) is 0 Å². The van der Waals surface area contributed by atoms with Crippen LogP contribution in [-0.2, 0) is 0 Å². The Morgan fingerprint density at radius 3 is 2.80 bits per heavy atom. The Hall–Kier alpha value is -1.62. The lowest BCUT2D eigenvalue weighted by Crippen LogP contribution is -2.33. The van der Waals surface area contributed by atoms with Crippen molar-refractivity contribution in [1.29, 1.82) is 0 Å². The Morgan fingerprint density at radius 2 is 2.15 bits per heavy atom. The number of carboxylic acid groups (broad SMARTS) is 1. The van der Waals surface area contributed by atoms with Crippen LogP contribution in [-0.4, -0.2) is 47.1 Å². The Kier molecular flexibility index (Phi) is 4.95. The molecule has 0 spiro atoms. The van der Waals surface area contributed by atoms with Gasteiger partial charge >= 0.3 is 5.97 Å². The number of rotatable bonds is 6. The molecular weight excluding hydrogens is 254 g/mol. The third-order valence-corrected chi connectivity index (χ3v) is 3.92. The maximum Gasteiger partial charge on any atom is 0.335 e. The molecule has 20 heavy (non-hydrogen) atoms. The molecule has 5 heteroatoms. The van der Waals surface area contributed by atoms with Crippen molar-refractivity contribution in [2.24, 2.45) is 0 Å². The van der Waals surface area contributed by atoms with Gasteiger partial charge in [-0.3, -0.25) is 0 Å². The fraction of sp³-hybridized carbons (Fsp3) is 0.600. The molecule has 0 amide bonds. The van der Waals surface area contributed by atoms with E-state index in [-0.39, 0.29) is 5.56 Å². The molecule has 5 nitrogen and oxygen atoms in total. The van der Waals surface area contributed by atoms with Crippen LogP contribution in [0.2, 0.25) is 0 Å². The molecule has 0 atom stereocenters.